The van der Waals surface area contributed by atoms with Gasteiger partial charge in [-0.3, -0.25) is 19.3 Å². The number of ether oxygens (including phenoxy) is 1. The molecule has 10 heteroatoms. The summed E-state index contributed by atoms with van der Waals surface area (Å²) in [6.07, 6.45) is 1.46. The van der Waals surface area contributed by atoms with Crippen LogP contribution in [0.4, 0.5) is 4.79 Å². The molecule has 2 aliphatic heterocycles. The summed E-state index contributed by atoms with van der Waals surface area (Å²) >= 11 is 0.753. The monoisotopic (exact) mass is 442 g/mol. The molecule has 1 aromatic heterocycles. The number of carboxylic acid groups (broad SMARTS) is 1. The fraction of sp³-hybridized carbons (Fsp3) is 0.238. The first kappa shape index (κ1) is 20.9. The van der Waals surface area contributed by atoms with Gasteiger partial charge in [0.25, 0.3) is 11.1 Å². The Morgan fingerprint density at radius 1 is 1.06 bits per heavy atom. The summed E-state index contributed by atoms with van der Waals surface area (Å²) in [5.74, 6) is -1.00. The molecule has 0 aliphatic carbocycles. The van der Waals surface area contributed by atoms with Crippen LogP contribution in [-0.4, -0.2) is 70.8 Å². The molecule has 0 radical (unpaired) electrons. The van der Waals surface area contributed by atoms with Gasteiger partial charge >= 0.3 is 5.97 Å². The second-order valence-electron chi connectivity index (χ2n) is 6.85. The number of furan rings is 1. The van der Waals surface area contributed by atoms with Gasteiger partial charge in [0.1, 0.15) is 18.1 Å². The molecule has 2 fully saturated rings. The number of rotatable bonds is 5. The fourth-order valence-electron chi connectivity index (χ4n) is 3.18. The van der Waals surface area contributed by atoms with Crippen molar-refractivity contribution >= 4 is 40.9 Å². The van der Waals surface area contributed by atoms with Gasteiger partial charge in [0.05, 0.1) is 23.7 Å². The van der Waals surface area contributed by atoms with E-state index in [9.17, 15) is 19.2 Å². The second-order valence-corrected chi connectivity index (χ2v) is 7.84. The van der Waals surface area contributed by atoms with E-state index in [0.29, 0.717) is 43.4 Å². The minimum atomic E-state index is -1.02. The van der Waals surface area contributed by atoms with Gasteiger partial charge in [0, 0.05) is 24.7 Å². The summed E-state index contributed by atoms with van der Waals surface area (Å²) in [6, 6.07) is 9.52. The maximum atomic E-state index is 12.6. The zero-order valence-electron chi connectivity index (χ0n) is 16.3. The molecule has 0 bridgehead atoms. The molecule has 9 nitrogen and oxygen atoms in total. The molecule has 0 saturated carbocycles. The highest BCUT2D eigenvalue weighted by Gasteiger charge is 2.37. The van der Waals surface area contributed by atoms with Gasteiger partial charge < -0.3 is 19.2 Å². The summed E-state index contributed by atoms with van der Waals surface area (Å²) < 4.78 is 10.9. The predicted octanol–water partition coefficient (Wildman–Crippen LogP) is 2.54. The van der Waals surface area contributed by atoms with E-state index in [1.807, 2.05) is 0 Å². The Kier molecular flexibility index (Phi) is 5.92. The van der Waals surface area contributed by atoms with E-state index in [-0.39, 0.29) is 22.9 Å². The lowest BCUT2D eigenvalue weighted by atomic mass is 10.1. The van der Waals surface area contributed by atoms with Crippen LogP contribution in [0.5, 0.6) is 0 Å². The molecule has 3 heterocycles. The number of imide groups is 1. The van der Waals surface area contributed by atoms with Crippen LogP contribution < -0.4 is 0 Å². The summed E-state index contributed by atoms with van der Waals surface area (Å²) in [5, 5.41) is 8.47. The van der Waals surface area contributed by atoms with Gasteiger partial charge in [-0.2, -0.15) is 0 Å². The average molecular weight is 442 g/mol. The average Bonchev–Trinajstić information content (AvgIpc) is 3.35. The van der Waals surface area contributed by atoms with Crippen molar-refractivity contribution in [3.8, 4) is 11.3 Å². The normalized spacial score (nSPS) is 18.1. The number of benzene rings is 1. The maximum absolute atomic E-state index is 12.6. The quantitative estimate of drug-likeness (QED) is 0.702. The largest absolute Gasteiger partial charge is 0.478 e. The molecule has 2 saturated heterocycles. The Hall–Kier alpha value is -3.37. The van der Waals surface area contributed by atoms with Crippen molar-refractivity contribution < 1.29 is 33.4 Å². The molecule has 1 N–H and O–H groups in total. The number of thioether (sulfide) groups is 1. The first-order chi connectivity index (χ1) is 14.9. The van der Waals surface area contributed by atoms with Crippen LogP contribution >= 0.6 is 11.8 Å². The molecule has 0 atom stereocenters. The van der Waals surface area contributed by atoms with Crippen LogP contribution in [-0.2, 0) is 14.3 Å². The highest BCUT2D eigenvalue weighted by atomic mass is 32.2. The van der Waals surface area contributed by atoms with E-state index in [4.69, 9.17) is 14.3 Å². The molecule has 3 amide bonds. The molecular weight excluding hydrogens is 424 g/mol. The van der Waals surface area contributed by atoms with Crippen molar-refractivity contribution in [2.75, 3.05) is 32.8 Å². The van der Waals surface area contributed by atoms with E-state index in [0.717, 1.165) is 16.7 Å². The maximum Gasteiger partial charge on any atom is 0.335 e. The van der Waals surface area contributed by atoms with Crippen LogP contribution in [0.1, 0.15) is 16.1 Å². The molecule has 0 unspecified atom stereocenters. The Bertz CT molecular complexity index is 1070. The van der Waals surface area contributed by atoms with E-state index in [2.05, 4.69) is 0 Å². The number of morpholine rings is 1. The van der Waals surface area contributed by atoms with Crippen molar-refractivity contribution in [2.45, 2.75) is 0 Å². The van der Waals surface area contributed by atoms with Crippen molar-refractivity contribution in [1.82, 2.24) is 9.80 Å². The Balaban J connectivity index is 1.45. The third kappa shape index (κ3) is 4.54. The van der Waals surface area contributed by atoms with Crippen molar-refractivity contribution in [1.29, 1.82) is 0 Å². The van der Waals surface area contributed by atoms with Gasteiger partial charge in [0.2, 0.25) is 5.91 Å². The van der Waals surface area contributed by atoms with Crippen LogP contribution in [0.15, 0.2) is 45.7 Å². The van der Waals surface area contributed by atoms with Crippen LogP contribution in [0.2, 0.25) is 0 Å². The summed E-state index contributed by atoms with van der Waals surface area (Å²) in [7, 11) is 0. The molecule has 31 heavy (non-hydrogen) atoms. The van der Waals surface area contributed by atoms with Crippen LogP contribution in [0, 0.1) is 0 Å². The number of amides is 3. The van der Waals surface area contributed by atoms with E-state index in [1.54, 1.807) is 29.2 Å². The molecule has 2 aliphatic rings. The standard InChI is InChI=1S/C21H18N2O7S/c24-18(22-7-9-29-10-8-22)12-23-19(25)17(31-21(23)28)11-15-5-6-16(30-15)13-1-3-14(4-2-13)20(26)27/h1-6,11H,7-10,12H2,(H,26,27)/b17-11+. The number of nitrogens with zero attached hydrogens (tertiary/aromatic N) is 2. The van der Waals surface area contributed by atoms with Gasteiger partial charge in [-0.1, -0.05) is 12.1 Å². The molecule has 160 valence electrons. The Morgan fingerprint density at radius 2 is 1.77 bits per heavy atom. The topological polar surface area (TPSA) is 117 Å². The molecule has 1 aromatic carbocycles. The SMILES string of the molecule is O=C(O)c1ccc(-c2ccc(/C=C3/SC(=O)N(CC(=O)N4CCOCC4)C3=O)o2)cc1. The number of aromatic carboxylic acids is 1. The van der Waals surface area contributed by atoms with Crippen molar-refractivity contribution in [3.05, 3.63) is 52.6 Å². The number of carboxylic acids is 1. The zero-order chi connectivity index (χ0) is 22.0. The third-order valence-electron chi connectivity index (χ3n) is 4.85. The lowest BCUT2D eigenvalue weighted by molar-refractivity contribution is -0.139. The van der Waals surface area contributed by atoms with E-state index >= 15 is 0 Å². The smallest absolute Gasteiger partial charge is 0.335 e. The first-order valence-electron chi connectivity index (χ1n) is 9.47. The molecule has 4 rings (SSSR count). The van der Waals surface area contributed by atoms with Crippen molar-refractivity contribution in [2.24, 2.45) is 0 Å². The molecule has 2 aromatic rings. The third-order valence-corrected chi connectivity index (χ3v) is 5.75. The molecule has 0 spiro atoms. The number of hydrogen-bond donors (Lipinski definition) is 1. The highest BCUT2D eigenvalue weighted by Crippen LogP contribution is 2.33. The highest BCUT2D eigenvalue weighted by molar-refractivity contribution is 8.18. The second kappa shape index (κ2) is 8.78. The van der Waals surface area contributed by atoms with Crippen molar-refractivity contribution in [3.63, 3.8) is 0 Å². The van der Waals surface area contributed by atoms with E-state index in [1.165, 1.54) is 18.2 Å². The van der Waals surface area contributed by atoms with E-state index < -0.39 is 17.1 Å². The Labute approximate surface area is 181 Å². The minimum Gasteiger partial charge on any atom is -0.478 e. The lowest BCUT2D eigenvalue weighted by Crippen LogP contribution is -2.46. The van der Waals surface area contributed by atoms with Gasteiger partial charge in [-0.05, 0) is 36.0 Å². The summed E-state index contributed by atoms with van der Waals surface area (Å²) in [6.45, 7) is 1.45. The van der Waals surface area contributed by atoms with Gasteiger partial charge in [0.15, 0.2) is 0 Å². The molecular formula is C21H18N2O7S. The minimum absolute atomic E-state index is 0.163. The van der Waals surface area contributed by atoms with Gasteiger partial charge in [-0.25, -0.2) is 4.79 Å². The number of carbonyl (C=O) groups excluding carboxylic acids is 3. The zero-order valence-corrected chi connectivity index (χ0v) is 17.1. The predicted molar refractivity (Wildman–Crippen MR) is 111 cm³/mol. The lowest BCUT2D eigenvalue weighted by Gasteiger charge is -2.27. The summed E-state index contributed by atoms with van der Waals surface area (Å²) in [4.78, 5) is 50.9. The summed E-state index contributed by atoms with van der Waals surface area (Å²) in [5.41, 5.74) is 0.838. The Morgan fingerprint density at radius 3 is 2.45 bits per heavy atom. The van der Waals surface area contributed by atoms with Crippen LogP contribution in [0.25, 0.3) is 17.4 Å². The number of carbonyl (C=O) groups is 4. The van der Waals surface area contributed by atoms with Gasteiger partial charge in [-0.15, -0.1) is 0 Å². The first-order valence-corrected chi connectivity index (χ1v) is 10.3. The fourth-order valence-corrected chi connectivity index (χ4v) is 3.99. The number of hydrogen-bond acceptors (Lipinski definition) is 7. The van der Waals surface area contributed by atoms with Crippen LogP contribution in [0.3, 0.4) is 0 Å².